The molecule has 0 saturated carbocycles. The zero-order chi connectivity index (χ0) is 53.4. The molecule has 2 aliphatic rings. The number of rotatable bonds is 8. The minimum atomic E-state index is -0.110. The van der Waals surface area contributed by atoms with Gasteiger partial charge >= 0.3 is 0 Å². The Morgan fingerprint density at radius 3 is 1.10 bits per heavy atom. The molecule has 15 aromatic rings. The molecule has 0 atom stereocenters. The minimum absolute atomic E-state index is 0.110. The first-order valence-electron chi connectivity index (χ1n) is 28.3. The van der Waals surface area contributed by atoms with Gasteiger partial charge in [-0.2, -0.15) is 0 Å². The number of nitrogens with zero attached hydrogens (tertiary/aromatic N) is 4. The van der Waals surface area contributed by atoms with Crippen LogP contribution in [0.15, 0.2) is 249 Å². The van der Waals surface area contributed by atoms with Crippen molar-refractivity contribution >= 4 is 144 Å². The summed E-state index contributed by atoms with van der Waals surface area (Å²) in [6.45, 7) is 4.44. The molecule has 2 aliphatic heterocycles. The first-order chi connectivity index (χ1) is 40.1. The van der Waals surface area contributed by atoms with Crippen LogP contribution in [0.3, 0.4) is 0 Å². The van der Waals surface area contributed by atoms with Crippen molar-refractivity contribution in [3.05, 3.63) is 258 Å². The molecular weight excluding hydrogens is 1020 g/mol. The molecule has 0 unspecified atom stereocenters. The predicted molar refractivity (Wildman–Crippen MR) is 350 cm³/mol. The van der Waals surface area contributed by atoms with Gasteiger partial charge < -0.3 is 18.9 Å². The van der Waals surface area contributed by atoms with E-state index in [2.05, 4.69) is 282 Å². The maximum absolute atomic E-state index is 2.64. The molecule has 382 valence electrons. The standard InChI is InChI=1S/C74H51BN4S2/c1-3-50-44-56-70(80-50)40-38-64(72(56)46-20-7-5-8-21-46)78-66-32-19-33-67-74(66)75(58-36-34-48(42-68(58)78)76-60-28-15-11-24-52(60)53-25-12-16-29-61(53)76)59-37-35-49(77-62-30-17-13-26-54(62)55-27-14-18-31-63(55)77)43-69(59)79(67)65-39-41-71-57(45-51(4-2)81-71)73(65)47-22-9-6-10-23-47/h5-45H,3-4H2,1-2H3. The van der Waals surface area contributed by atoms with Crippen LogP contribution in [0.1, 0.15) is 23.6 Å². The Bertz CT molecular complexity index is 4640. The Morgan fingerprint density at radius 1 is 0.321 bits per heavy atom. The predicted octanol–water partition coefficient (Wildman–Crippen LogP) is 18.9. The molecule has 17 rings (SSSR count). The summed E-state index contributed by atoms with van der Waals surface area (Å²) >= 11 is 3.83. The fourth-order valence-electron chi connectivity index (χ4n) is 13.9. The fourth-order valence-corrected chi connectivity index (χ4v) is 16.0. The molecule has 11 aromatic carbocycles. The fraction of sp³-hybridized carbons (Fsp3) is 0.0541. The molecule has 81 heavy (non-hydrogen) atoms. The Balaban J connectivity index is 0.998. The summed E-state index contributed by atoms with van der Waals surface area (Å²) in [5.74, 6) is 0. The van der Waals surface area contributed by atoms with E-state index in [1.54, 1.807) is 0 Å². The van der Waals surface area contributed by atoms with E-state index in [9.17, 15) is 0 Å². The molecule has 6 heterocycles. The number of aromatic nitrogens is 2. The lowest BCUT2D eigenvalue weighted by Crippen LogP contribution is -2.61. The number of fused-ring (bicyclic) bond motifs is 12. The van der Waals surface area contributed by atoms with Crippen LogP contribution in [0.4, 0.5) is 34.1 Å². The molecule has 0 fully saturated rings. The highest BCUT2D eigenvalue weighted by atomic mass is 32.1. The molecule has 0 saturated heterocycles. The molecule has 0 N–H and O–H groups in total. The van der Waals surface area contributed by atoms with Crippen molar-refractivity contribution in [3.63, 3.8) is 0 Å². The molecule has 0 radical (unpaired) electrons. The van der Waals surface area contributed by atoms with E-state index in [0.717, 1.165) is 35.6 Å². The summed E-state index contributed by atoms with van der Waals surface area (Å²) < 4.78 is 7.57. The van der Waals surface area contributed by atoms with Gasteiger partial charge in [0.05, 0.1) is 33.4 Å². The SMILES string of the molecule is CCc1cc2c(-c3ccccc3)c(N3c4cc(-n5c6ccccc6c6ccccc65)ccc4B4c5ccc(-n6c7ccccc7c7ccccc76)cc5N(c5ccc6sc(CC)cc6c5-c5ccccc5)c5cccc3c54)ccc2s1. The van der Waals surface area contributed by atoms with Crippen molar-refractivity contribution in [2.24, 2.45) is 0 Å². The minimum Gasteiger partial charge on any atom is -0.311 e. The molecule has 7 heteroatoms. The Kier molecular flexibility index (Phi) is 10.4. The Labute approximate surface area is 478 Å². The van der Waals surface area contributed by atoms with Crippen molar-refractivity contribution in [3.8, 4) is 33.6 Å². The lowest BCUT2D eigenvalue weighted by molar-refractivity contribution is 1.17. The number of para-hydroxylation sites is 4. The maximum atomic E-state index is 2.64. The second-order valence-corrected chi connectivity index (χ2v) is 24.0. The maximum Gasteiger partial charge on any atom is 0.252 e. The number of anilines is 6. The second kappa shape index (κ2) is 18.1. The number of hydrogen-bond donors (Lipinski definition) is 0. The van der Waals surface area contributed by atoms with E-state index in [-0.39, 0.29) is 6.71 Å². The number of hydrogen-bond acceptors (Lipinski definition) is 4. The van der Waals surface area contributed by atoms with Crippen LogP contribution < -0.4 is 26.2 Å². The highest BCUT2D eigenvalue weighted by Crippen LogP contribution is 2.52. The lowest BCUT2D eigenvalue weighted by Gasteiger charge is -2.45. The van der Waals surface area contributed by atoms with Crippen molar-refractivity contribution in [2.45, 2.75) is 26.7 Å². The average Bonchev–Trinajstić information content (AvgIpc) is 3.68. The van der Waals surface area contributed by atoms with Gasteiger partial charge in [-0.3, -0.25) is 0 Å². The van der Waals surface area contributed by atoms with Gasteiger partial charge in [-0.15, -0.1) is 22.7 Å². The van der Waals surface area contributed by atoms with Crippen molar-refractivity contribution in [1.82, 2.24) is 9.13 Å². The van der Waals surface area contributed by atoms with E-state index in [4.69, 9.17) is 0 Å². The smallest absolute Gasteiger partial charge is 0.252 e. The third-order valence-electron chi connectivity index (χ3n) is 17.4. The molecule has 4 nitrogen and oxygen atoms in total. The van der Waals surface area contributed by atoms with E-state index < -0.39 is 0 Å². The third-order valence-corrected chi connectivity index (χ3v) is 19.9. The van der Waals surface area contributed by atoms with E-state index >= 15 is 0 Å². The average molecular weight is 1070 g/mol. The number of thiophene rings is 2. The van der Waals surface area contributed by atoms with Crippen LogP contribution in [0.5, 0.6) is 0 Å². The highest BCUT2D eigenvalue weighted by molar-refractivity contribution is 7.19. The Morgan fingerprint density at radius 2 is 0.704 bits per heavy atom. The molecule has 0 spiro atoms. The van der Waals surface area contributed by atoms with E-state index in [1.807, 2.05) is 22.7 Å². The summed E-state index contributed by atoms with van der Waals surface area (Å²) in [5.41, 5.74) is 22.8. The van der Waals surface area contributed by atoms with Crippen LogP contribution in [0, 0.1) is 0 Å². The zero-order valence-electron chi connectivity index (χ0n) is 44.8. The Hall–Kier alpha value is -9.40. The van der Waals surface area contributed by atoms with Crippen LogP contribution in [-0.4, -0.2) is 15.8 Å². The lowest BCUT2D eigenvalue weighted by atomic mass is 9.33. The second-order valence-electron chi connectivity index (χ2n) is 21.6. The van der Waals surface area contributed by atoms with E-state index in [0.29, 0.717) is 0 Å². The van der Waals surface area contributed by atoms with Gasteiger partial charge in [0.1, 0.15) is 0 Å². The summed E-state index contributed by atoms with van der Waals surface area (Å²) in [4.78, 5) is 8.05. The zero-order valence-corrected chi connectivity index (χ0v) is 46.4. The van der Waals surface area contributed by atoms with Crippen molar-refractivity contribution in [1.29, 1.82) is 0 Å². The summed E-state index contributed by atoms with van der Waals surface area (Å²) in [6.07, 6.45) is 1.97. The molecule has 4 aromatic heterocycles. The summed E-state index contributed by atoms with van der Waals surface area (Å²) in [7, 11) is 0. The van der Waals surface area contributed by atoms with Gasteiger partial charge in [-0.05, 0) is 137 Å². The third kappa shape index (κ3) is 6.83. The van der Waals surface area contributed by atoms with Crippen molar-refractivity contribution in [2.75, 3.05) is 9.80 Å². The van der Waals surface area contributed by atoms with Gasteiger partial charge in [-0.1, -0.05) is 166 Å². The summed E-state index contributed by atoms with van der Waals surface area (Å²) in [5, 5.41) is 7.59. The highest BCUT2D eigenvalue weighted by Gasteiger charge is 2.44. The summed E-state index contributed by atoms with van der Waals surface area (Å²) in [6, 6.07) is 94.1. The van der Waals surface area contributed by atoms with Gasteiger partial charge in [0, 0.05) is 96.7 Å². The van der Waals surface area contributed by atoms with Crippen LogP contribution in [0.2, 0.25) is 0 Å². The number of aryl methyl sites for hydroxylation is 2. The topological polar surface area (TPSA) is 16.3 Å². The van der Waals surface area contributed by atoms with Gasteiger partial charge in [0.2, 0.25) is 0 Å². The van der Waals surface area contributed by atoms with Gasteiger partial charge in [-0.25, -0.2) is 0 Å². The molecule has 0 amide bonds. The first kappa shape index (κ1) is 46.5. The van der Waals surface area contributed by atoms with Crippen LogP contribution >= 0.6 is 22.7 Å². The van der Waals surface area contributed by atoms with Gasteiger partial charge in [0.25, 0.3) is 6.71 Å². The molecule has 0 bridgehead atoms. The van der Waals surface area contributed by atoms with Crippen LogP contribution in [-0.2, 0) is 12.8 Å². The normalized spacial score (nSPS) is 12.8. The largest absolute Gasteiger partial charge is 0.311 e. The number of benzene rings is 11. The van der Waals surface area contributed by atoms with Crippen LogP contribution in [0.25, 0.3) is 97.4 Å². The monoisotopic (exact) mass is 1070 g/mol. The van der Waals surface area contributed by atoms with Crippen molar-refractivity contribution < 1.29 is 0 Å². The molecule has 0 aliphatic carbocycles. The van der Waals surface area contributed by atoms with E-state index in [1.165, 1.54) is 135 Å². The first-order valence-corrected chi connectivity index (χ1v) is 29.9. The van der Waals surface area contributed by atoms with Gasteiger partial charge in [0.15, 0.2) is 0 Å². The molecular formula is C74H51BN4S2. The quantitative estimate of drug-likeness (QED) is 0.141.